The van der Waals surface area contributed by atoms with Gasteiger partial charge in [-0.05, 0) is 45.7 Å². The van der Waals surface area contributed by atoms with Crippen molar-refractivity contribution in [1.29, 1.82) is 0 Å². The molecule has 1 aliphatic rings. The van der Waals surface area contributed by atoms with E-state index in [0.717, 1.165) is 49.5 Å². The molecule has 0 spiro atoms. The number of aromatic nitrogens is 2. The van der Waals surface area contributed by atoms with Gasteiger partial charge in [0.2, 0.25) is 5.89 Å². The van der Waals surface area contributed by atoms with Gasteiger partial charge in [-0.1, -0.05) is 20.8 Å². The van der Waals surface area contributed by atoms with Crippen molar-refractivity contribution in [2.45, 2.75) is 66.0 Å². The lowest BCUT2D eigenvalue weighted by Gasteiger charge is -2.31. The monoisotopic (exact) mass is 432 g/mol. The zero-order valence-corrected chi connectivity index (χ0v) is 19.8. The van der Waals surface area contributed by atoms with Gasteiger partial charge >= 0.3 is 0 Å². The molecule has 2 aromatic rings. The molecule has 30 heavy (non-hydrogen) atoms. The van der Waals surface area contributed by atoms with Gasteiger partial charge in [0, 0.05) is 30.4 Å². The highest BCUT2D eigenvalue weighted by molar-refractivity contribution is 7.09. The van der Waals surface area contributed by atoms with Crippen molar-refractivity contribution in [3.63, 3.8) is 0 Å². The average Bonchev–Trinajstić information content (AvgIpc) is 3.34. The van der Waals surface area contributed by atoms with Crippen LogP contribution in [0.5, 0.6) is 0 Å². The SMILES string of the molecule is CCNC(=NCc1ncc(C(C)(C)C)o1)NCC1CCN(Cc2csc(C)n2)CC1. The van der Waals surface area contributed by atoms with Crippen molar-refractivity contribution in [3.05, 3.63) is 33.9 Å². The van der Waals surface area contributed by atoms with E-state index in [2.05, 4.69) is 70.5 Å². The van der Waals surface area contributed by atoms with Gasteiger partial charge in [0.1, 0.15) is 12.3 Å². The molecule has 0 aliphatic carbocycles. The number of thiazole rings is 1. The van der Waals surface area contributed by atoms with Crippen LogP contribution in [0.1, 0.15) is 62.9 Å². The highest BCUT2D eigenvalue weighted by Crippen LogP contribution is 2.23. The molecule has 0 aromatic carbocycles. The number of oxazole rings is 1. The average molecular weight is 433 g/mol. The van der Waals surface area contributed by atoms with Crippen molar-refractivity contribution in [3.8, 4) is 0 Å². The minimum Gasteiger partial charge on any atom is -0.443 e. The Balaban J connectivity index is 1.44. The number of nitrogens with zero attached hydrogens (tertiary/aromatic N) is 4. The zero-order chi connectivity index (χ0) is 21.6. The molecule has 0 atom stereocenters. The van der Waals surface area contributed by atoms with Crippen LogP contribution in [-0.2, 0) is 18.5 Å². The van der Waals surface area contributed by atoms with Gasteiger partial charge in [0.05, 0.1) is 16.9 Å². The molecule has 1 saturated heterocycles. The summed E-state index contributed by atoms with van der Waals surface area (Å²) in [7, 11) is 0. The van der Waals surface area contributed by atoms with Crippen LogP contribution in [0.3, 0.4) is 0 Å². The Hall–Kier alpha value is -1.93. The van der Waals surface area contributed by atoms with Crippen LogP contribution in [0.25, 0.3) is 0 Å². The number of likely N-dealkylation sites (tertiary alicyclic amines) is 1. The number of rotatable bonds is 7. The summed E-state index contributed by atoms with van der Waals surface area (Å²) in [6.07, 6.45) is 4.21. The van der Waals surface area contributed by atoms with Crippen LogP contribution in [0.2, 0.25) is 0 Å². The molecule has 3 heterocycles. The molecule has 2 aromatic heterocycles. The summed E-state index contributed by atoms with van der Waals surface area (Å²) >= 11 is 1.74. The molecule has 7 nitrogen and oxygen atoms in total. The Morgan fingerprint density at radius 1 is 1.30 bits per heavy atom. The molecule has 0 saturated carbocycles. The maximum atomic E-state index is 5.85. The third kappa shape index (κ3) is 6.80. The fourth-order valence-corrected chi connectivity index (χ4v) is 4.12. The summed E-state index contributed by atoms with van der Waals surface area (Å²) < 4.78 is 5.85. The van der Waals surface area contributed by atoms with Crippen molar-refractivity contribution in [2.24, 2.45) is 10.9 Å². The number of guanidine groups is 1. The predicted molar refractivity (Wildman–Crippen MR) is 123 cm³/mol. The number of piperidine rings is 1. The topological polar surface area (TPSA) is 78.6 Å². The van der Waals surface area contributed by atoms with E-state index in [1.807, 2.05) is 6.20 Å². The van der Waals surface area contributed by atoms with Gasteiger partial charge in [-0.3, -0.25) is 4.90 Å². The Kier molecular flexibility index (Phi) is 7.88. The van der Waals surface area contributed by atoms with E-state index >= 15 is 0 Å². The maximum Gasteiger partial charge on any atom is 0.216 e. The van der Waals surface area contributed by atoms with Crippen LogP contribution >= 0.6 is 11.3 Å². The second kappa shape index (κ2) is 10.4. The lowest BCUT2D eigenvalue weighted by molar-refractivity contribution is 0.176. The number of hydrogen-bond donors (Lipinski definition) is 2. The molecule has 8 heteroatoms. The second-order valence-corrected chi connectivity index (χ2v) is 10.1. The van der Waals surface area contributed by atoms with Gasteiger partial charge in [-0.2, -0.15) is 0 Å². The van der Waals surface area contributed by atoms with Crippen LogP contribution in [-0.4, -0.2) is 47.0 Å². The normalized spacial score (nSPS) is 16.8. The summed E-state index contributed by atoms with van der Waals surface area (Å²) in [6.45, 7) is 16.0. The Morgan fingerprint density at radius 2 is 2.07 bits per heavy atom. The Morgan fingerprint density at radius 3 is 2.67 bits per heavy atom. The van der Waals surface area contributed by atoms with Crippen molar-refractivity contribution in [1.82, 2.24) is 25.5 Å². The van der Waals surface area contributed by atoms with Crippen LogP contribution in [0.4, 0.5) is 0 Å². The van der Waals surface area contributed by atoms with E-state index in [0.29, 0.717) is 18.4 Å². The minimum absolute atomic E-state index is 0.0368. The summed E-state index contributed by atoms with van der Waals surface area (Å²) in [6, 6.07) is 0. The number of nitrogens with one attached hydrogen (secondary N) is 2. The lowest BCUT2D eigenvalue weighted by Crippen LogP contribution is -2.42. The second-order valence-electron chi connectivity index (χ2n) is 9.02. The first-order valence-electron chi connectivity index (χ1n) is 10.9. The van der Waals surface area contributed by atoms with Gasteiger partial charge in [0.15, 0.2) is 5.96 Å². The molecule has 2 N–H and O–H groups in total. The molecule has 3 rings (SSSR count). The molecular formula is C22H36N6OS. The molecule has 0 bridgehead atoms. The quantitative estimate of drug-likeness (QED) is 0.513. The molecule has 0 unspecified atom stereocenters. The first kappa shape index (κ1) is 22.7. The van der Waals surface area contributed by atoms with Crippen LogP contribution in [0, 0.1) is 12.8 Å². The molecule has 166 valence electrons. The fourth-order valence-electron chi connectivity index (χ4n) is 3.52. The van der Waals surface area contributed by atoms with E-state index in [4.69, 9.17) is 4.42 Å². The van der Waals surface area contributed by atoms with E-state index in [-0.39, 0.29) is 5.41 Å². The largest absolute Gasteiger partial charge is 0.443 e. The Bertz CT molecular complexity index is 814. The summed E-state index contributed by atoms with van der Waals surface area (Å²) in [5.41, 5.74) is 1.17. The first-order valence-corrected chi connectivity index (χ1v) is 11.8. The molecular weight excluding hydrogens is 396 g/mol. The fraction of sp³-hybridized carbons (Fsp3) is 0.682. The van der Waals surface area contributed by atoms with Gasteiger partial charge in [-0.25, -0.2) is 15.0 Å². The minimum atomic E-state index is -0.0368. The van der Waals surface area contributed by atoms with Gasteiger partial charge < -0.3 is 15.1 Å². The summed E-state index contributed by atoms with van der Waals surface area (Å²) in [5, 5.41) is 10.2. The van der Waals surface area contributed by atoms with E-state index in [1.54, 1.807) is 11.3 Å². The molecule has 0 amide bonds. The van der Waals surface area contributed by atoms with E-state index in [9.17, 15) is 0 Å². The van der Waals surface area contributed by atoms with Crippen molar-refractivity contribution < 1.29 is 4.42 Å². The third-order valence-corrected chi connectivity index (χ3v) is 6.15. The van der Waals surface area contributed by atoms with Crippen LogP contribution in [0.15, 0.2) is 21.0 Å². The van der Waals surface area contributed by atoms with Gasteiger partial charge in [0.25, 0.3) is 0 Å². The van der Waals surface area contributed by atoms with Crippen LogP contribution < -0.4 is 10.6 Å². The third-order valence-electron chi connectivity index (χ3n) is 5.33. The maximum absolute atomic E-state index is 5.85. The smallest absolute Gasteiger partial charge is 0.216 e. The summed E-state index contributed by atoms with van der Waals surface area (Å²) in [5.74, 6) is 3.04. The molecule has 0 radical (unpaired) electrons. The van der Waals surface area contributed by atoms with Crippen molar-refractivity contribution in [2.75, 3.05) is 26.2 Å². The highest BCUT2D eigenvalue weighted by atomic mass is 32.1. The highest BCUT2D eigenvalue weighted by Gasteiger charge is 2.21. The van der Waals surface area contributed by atoms with E-state index < -0.39 is 0 Å². The van der Waals surface area contributed by atoms with Gasteiger partial charge in [-0.15, -0.1) is 11.3 Å². The zero-order valence-electron chi connectivity index (χ0n) is 19.0. The number of aryl methyl sites for hydroxylation is 1. The lowest BCUT2D eigenvalue weighted by atomic mass is 9.94. The van der Waals surface area contributed by atoms with Crippen molar-refractivity contribution >= 4 is 17.3 Å². The van der Waals surface area contributed by atoms with E-state index in [1.165, 1.54) is 18.5 Å². The predicted octanol–water partition coefficient (Wildman–Crippen LogP) is 3.70. The Labute approximate surface area is 184 Å². The molecule has 1 fully saturated rings. The number of hydrogen-bond acceptors (Lipinski definition) is 6. The first-order chi connectivity index (χ1) is 14.3. The molecule has 1 aliphatic heterocycles. The summed E-state index contributed by atoms with van der Waals surface area (Å²) in [4.78, 5) is 16.1. The number of aliphatic imine (C=N–C) groups is 1. The standard InChI is InChI=1S/C22H36N6OS/c1-6-23-21(26-13-20-24-12-19(29-20)22(3,4)5)25-11-17-7-9-28(10-8-17)14-18-15-30-16(2)27-18/h12,15,17H,6-11,13-14H2,1-5H3,(H2,23,25,26).